The van der Waals surface area contributed by atoms with Crippen molar-refractivity contribution in [2.24, 2.45) is 10.8 Å². The molecule has 1 aromatic heterocycles. The smallest absolute Gasteiger partial charge is 0.347 e. The summed E-state index contributed by atoms with van der Waals surface area (Å²) in [5, 5.41) is 0.542. The molecule has 0 saturated heterocycles. The molecule has 6 nitrogen and oxygen atoms in total. The number of carbonyl (C=O) groups is 3. The molecule has 2 aliphatic rings. The maximum absolute atomic E-state index is 14.1. The predicted octanol–water partition coefficient (Wildman–Crippen LogP) is 4.88. The van der Waals surface area contributed by atoms with E-state index < -0.39 is 34.1 Å². The topological polar surface area (TPSA) is 90.7 Å². The van der Waals surface area contributed by atoms with Gasteiger partial charge in [0.2, 0.25) is 0 Å². The Bertz CT molecular complexity index is 1630. The summed E-state index contributed by atoms with van der Waals surface area (Å²) in [6.07, 6.45) is 0. The third-order valence-electron chi connectivity index (χ3n) is 7.53. The Labute approximate surface area is 200 Å². The number of ketones is 2. The van der Waals surface area contributed by atoms with Crippen molar-refractivity contribution in [2.75, 3.05) is 0 Å². The standard InChI is InChI=1S/C29H20O6/c1-16-11-13-17(14-12-16)24(30)28(2)23-19-8-4-6-10-22(19)35-27(33)29(23,28)25(31)20-15-18-7-3-5-9-21(18)34-26(20)32/h3-15,23H,1-2H3/t23-,28-,29+/m0/s1. The van der Waals surface area contributed by atoms with E-state index in [1.54, 1.807) is 79.7 Å². The summed E-state index contributed by atoms with van der Waals surface area (Å²) >= 11 is 0. The number of hydrogen-bond donors (Lipinski definition) is 0. The number of carbonyl (C=O) groups excluding carboxylic acids is 3. The van der Waals surface area contributed by atoms with Gasteiger partial charge in [0.1, 0.15) is 16.9 Å². The highest BCUT2D eigenvalue weighted by molar-refractivity contribution is 6.25. The lowest BCUT2D eigenvalue weighted by Crippen LogP contribution is -2.40. The molecule has 1 fully saturated rings. The Balaban J connectivity index is 1.58. The quantitative estimate of drug-likeness (QED) is 0.141. The summed E-state index contributed by atoms with van der Waals surface area (Å²) < 4.78 is 11.0. The van der Waals surface area contributed by atoms with Gasteiger partial charge in [-0.3, -0.25) is 14.4 Å². The fraction of sp³-hybridized carbons (Fsp3) is 0.172. The van der Waals surface area contributed by atoms with E-state index in [0.717, 1.165) is 5.56 Å². The predicted molar refractivity (Wildman–Crippen MR) is 128 cm³/mol. The van der Waals surface area contributed by atoms with E-state index >= 15 is 0 Å². The van der Waals surface area contributed by atoms with Crippen LogP contribution in [-0.4, -0.2) is 17.5 Å². The number of benzene rings is 3. The van der Waals surface area contributed by atoms with Crippen molar-refractivity contribution in [3.05, 3.63) is 112 Å². The number of ether oxygens (including phenoxy) is 1. The largest absolute Gasteiger partial charge is 0.425 e. The Morgan fingerprint density at radius 2 is 1.54 bits per heavy atom. The fourth-order valence-electron chi connectivity index (χ4n) is 5.69. The number of esters is 1. The van der Waals surface area contributed by atoms with Gasteiger partial charge in [-0.05, 0) is 25.1 Å². The van der Waals surface area contributed by atoms with Gasteiger partial charge < -0.3 is 9.15 Å². The summed E-state index contributed by atoms with van der Waals surface area (Å²) in [6, 6.07) is 22.1. The lowest BCUT2D eigenvalue weighted by molar-refractivity contribution is -0.140. The zero-order valence-electron chi connectivity index (χ0n) is 19.0. The van der Waals surface area contributed by atoms with Gasteiger partial charge >= 0.3 is 11.6 Å². The van der Waals surface area contributed by atoms with Crippen molar-refractivity contribution in [2.45, 2.75) is 19.8 Å². The summed E-state index contributed by atoms with van der Waals surface area (Å²) in [7, 11) is 0. The van der Waals surface area contributed by atoms with Crippen LogP contribution in [-0.2, 0) is 4.79 Å². The molecule has 2 heterocycles. The number of rotatable bonds is 4. The van der Waals surface area contributed by atoms with E-state index in [2.05, 4.69) is 0 Å². The van der Waals surface area contributed by atoms with Crippen molar-refractivity contribution in [3.8, 4) is 5.75 Å². The average molecular weight is 464 g/mol. The summed E-state index contributed by atoms with van der Waals surface area (Å²) in [5.74, 6) is -2.41. The van der Waals surface area contributed by atoms with Gasteiger partial charge in [0, 0.05) is 22.4 Å². The van der Waals surface area contributed by atoms with Gasteiger partial charge in [-0.1, -0.05) is 73.2 Å². The molecule has 6 rings (SSSR count). The summed E-state index contributed by atoms with van der Waals surface area (Å²) in [5.41, 5.74) is -2.17. The maximum Gasteiger partial charge on any atom is 0.347 e. The normalized spacial score (nSPS) is 24.3. The van der Waals surface area contributed by atoms with Crippen LogP contribution in [0.25, 0.3) is 11.0 Å². The van der Waals surface area contributed by atoms with Gasteiger partial charge in [-0.15, -0.1) is 0 Å². The van der Waals surface area contributed by atoms with Crippen molar-refractivity contribution in [3.63, 3.8) is 0 Å². The first-order chi connectivity index (χ1) is 16.8. The molecule has 3 aromatic carbocycles. The van der Waals surface area contributed by atoms with Crippen molar-refractivity contribution >= 4 is 28.5 Å². The molecule has 0 amide bonds. The van der Waals surface area contributed by atoms with Crippen LogP contribution in [0.5, 0.6) is 5.75 Å². The number of para-hydroxylation sites is 2. The third-order valence-corrected chi connectivity index (χ3v) is 7.53. The van der Waals surface area contributed by atoms with Crippen LogP contribution in [0.15, 0.2) is 88.1 Å². The number of aryl methyl sites for hydroxylation is 1. The van der Waals surface area contributed by atoms with E-state index in [-0.39, 0.29) is 11.3 Å². The van der Waals surface area contributed by atoms with Gasteiger partial charge in [0.25, 0.3) is 0 Å². The Morgan fingerprint density at radius 3 is 2.31 bits per heavy atom. The van der Waals surface area contributed by atoms with Gasteiger partial charge in [0.05, 0.1) is 5.41 Å². The van der Waals surface area contributed by atoms with E-state index in [1.165, 1.54) is 6.07 Å². The van der Waals surface area contributed by atoms with Gasteiger partial charge in [0.15, 0.2) is 17.0 Å². The second-order valence-electron chi connectivity index (χ2n) is 9.38. The lowest BCUT2D eigenvalue weighted by atomic mass is 9.82. The molecule has 172 valence electrons. The molecule has 0 bridgehead atoms. The van der Waals surface area contributed by atoms with Crippen molar-refractivity contribution in [1.82, 2.24) is 0 Å². The molecule has 1 aliphatic carbocycles. The Morgan fingerprint density at radius 1 is 0.857 bits per heavy atom. The first-order valence-corrected chi connectivity index (χ1v) is 11.3. The molecule has 3 atom stereocenters. The highest BCUT2D eigenvalue weighted by Crippen LogP contribution is 2.79. The van der Waals surface area contributed by atoms with Crippen LogP contribution in [0.1, 0.15) is 44.7 Å². The van der Waals surface area contributed by atoms with E-state index in [1.807, 2.05) is 6.92 Å². The van der Waals surface area contributed by atoms with Crippen LogP contribution >= 0.6 is 0 Å². The minimum atomic E-state index is -1.87. The molecule has 0 radical (unpaired) electrons. The van der Waals surface area contributed by atoms with Crippen LogP contribution in [0.3, 0.4) is 0 Å². The Hall–Kier alpha value is -4.32. The van der Waals surface area contributed by atoms with Gasteiger partial charge in [-0.2, -0.15) is 0 Å². The number of fused-ring (bicyclic) bond motifs is 4. The van der Waals surface area contributed by atoms with Crippen molar-refractivity contribution < 1.29 is 23.5 Å². The minimum Gasteiger partial charge on any atom is -0.425 e. The molecular formula is C29H20O6. The SMILES string of the molecule is Cc1ccc(C(=O)[C@]2(C)[C@@H]3c4ccccc4OC(=O)[C@]32C(=O)c2cc3ccccc3oc2=O)cc1. The molecule has 4 aromatic rings. The van der Waals surface area contributed by atoms with E-state index in [0.29, 0.717) is 27.8 Å². The fourth-order valence-corrected chi connectivity index (χ4v) is 5.69. The zero-order valence-corrected chi connectivity index (χ0v) is 19.0. The van der Waals surface area contributed by atoms with Crippen molar-refractivity contribution in [1.29, 1.82) is 0 Å². The molecule has 0 spiro atoms. The van der Waals surface area contributed by atoms with E-state index in [9.17, 15) is 19.2 Å². The molecule has 35 heavy (non-hydrogen) atoms. The molecule has 1 aliphatic heterocycles. The first-order valence-electron chi connectivity index (χ1n) is 11.3. The Kier molecular flexibility index (Phi) is 4.30. The zero-order chi connectivity index (χ0) is 24.5. The third kappa shape index (κ3) is 2.65. The van der Waals surface area contributed by atoms with Gasteiger partial charge in [-0.25, -0.2) is 4.79 Å². The van der Waals surface area contributed by atoms with Crippen LogP contribution in [0.2, 0.25) is 0 Å². The lowest BCUT2D eigenvalue weighted by Gasteiger charge is -2.22. The number of hydrogen-bond acceptors (Lipinski definition) is 6. The highest BCUT2D eigenvalue weighted by atomic mass is 16.5. The highest BCUT2D eigenvalue weighted by Gasteiger charge is 2.87. The summed E-state index contributed by atoms with van der Waals surface area (Å²) in [4.78, 5) is 54.6. The van der Waals surface area contributed by atoms with Crippen LogP contribution < -0.4 is 10.4 Å². The molecule has 0 N–H and O–H groups in total. The second kappa shape index (κ2) is 7.09. The maximum atomic E-state index is 14.1. The monoisotopic (exact) mass is 464 g/mol. The molecular weight excluding hydrogens is 444 g/mol. The molecule has 0 unspecified atom stereocenters. The average Bonchev–Trinajstić information content (AvgIpc) is 3.46. The summed E-state index contributed by atoms with van der Waals surface area (Å²) in [6.45, 7) is 3.52. The molecule has 1 saturated carbocycles. The molecule has 6 heteroatoms. The van der Waals surface area contributed by atoms with Crippen LogP contribution in [0, 0.1) is 17.8 Å². The number of Topliss-reactive ketones (excluding diaryl/α,β-unsaturated/α-hetero) is 2. The second-order valence-corrected chi connectivity index (χ2v) is 9.38. The minimum absolute atomic E-state index is 0.273. The first kappa shape index (κ1) is 21.2. The van der Waals surface area contributed by atoms with E-state index in [4.69, 9.17) is 9.15 Å². The van der Waals surface area contributed by atoms with Crippen LogP contribution in [0.4, 0.5) is 0 Å².